The summed E-state index contributed by atoms with van der Waals surface area (Å²) < 4.78 is 2.66. The van der Waals surface area contributed by atoms with Gasteiger partial charge in [0.1, 0.15) is 0 Å². The summed E-state index contributed by atoms with van der Waals surface area (Å²) in [6.07, 6.45) is 0. The average molecular weight is 679 g/mol. The maximum atomic E-state index is 2.47. The predicted molar refractivity (Wildman–Crippen MR) is 226 cm³/mol. The van der Waals surface area contributed by atoms with E-state index in [2.05, 4.69) is 184 Å². The first-order chi connectivity index (χ1) is 25.6. The van der Waals surface area contributed by atoms with Crippen molar-refractivity contribution in [1.82, 2.24) is 0 Å². The van der Waals surface area contributed by atoms with Crippen LogP contribution in [0.2, 0.25) is 0 Å². The van der Waals surface area contributed by atoms with Gasteiger partial charge in [-0.25, -0.2) is 0 Å². The number of thiophene rings is 1. The van der Waals surface area contributed by atoms with Crippen molar-refractivity contribution in [3.8, 4) is 44.5 Å². The lowest BCUT2D eigenvalue weighted by Gasteiger charge is -2.23. The van der Waals surface area contributed by atoms with Crippen molar-refractivity contribution < 1.29 is 0 Å². The Bertz CT molecular complexity index is 3100. The van der Waals surface area contributed by atoms with Gasteiger partial charge in [0.05, 0.1) is 0 Å². The van der Waals surface area contributed by atoms with Gasteiger partial charge in [-0.3, -0.25) is 0 Å². The molecular formula is C51H34S. The fourth-order valence-corrected chi connectivity index (χ4v) is 10.4. The van der Waals surface area contributed by atoms with Crippen molar-refractivity contribution in [1.29, 1.82) is 0 Å². The minimum atomic E-state index is -0.0839. The van der Waals surface area contributed by atoms with Crippen molar-refractivity contribution >= 4 is 63.8 Å². The standard InChI is InChI=1S/C51H34S/c1-51(2)43-21-9-7-17-38(43)49-40(19-11-22-44(49)51)48-36-16-6-5-15-35(36)47(41-20-12-24-46-50(41)39-18-8-10-23-45(39)52-46)37-28-27-34(30-42(37)48)33-26-25-31-13-3-4-14-32(31)29-33/h3-30H,1-2H3. The molecule has 11 rings (SSSR count). The molecule has 0 fully saturated rings. The molecule has 1 aliphatic carbocycles. The van der Waals surface area contributed by atoms with Crippen molar-refractivity contribution in [2.75, 3.05) is 0 Å². The first-order valence-electron chi connectivity index (χ1n) is 18.2. The van der Waals surface area contributed by atoms with Gasteiger partial charge in [0.2, 0.25) is 0 Å². The summed E-state index contributed by atoms with van der Waals surface area (Å²) in [5, 5.41) is 10.3. The quantitative estimate of drug-likeness (QED) is 0.163. The summed E-state index contributed by atoms with van der Waals surface area (Å²) in [6.45, 7) is 4.76. The van der Waals surface area contributed by atoms with Crippen LogP contribution in [0.3, 0.4) is 0 Å². The van der Waals surface area contributed by atoms with E-state index in [1.165, 1.54) is 108 Å². The second-order valence-corrected chi connectivity index (χ2v) is 15.9. The molecule has 0 saturated heterocycles. The summed E-state index contributed by atoms with van der Waals surface area (Å²) in [7, 11) is 0. The number of rotatable bonds is 3. The van der Waals surface area contributed by atoms with Gasteiger partial charge in [0, 0.05) is 25.6 Å². The second kappa shape index (κ2) is 11.0. The largest absolute Gasteiger partial charge is 0.135 e. The molecule has 0 unspecified atom stereocenters. The molecule has 10 aromatic rings. The number of hydrogen-bond acceptors (Lipinski definition) is 1. The van der Waals surface area contributed by atoms with Crippen LogP contribution in [0.25, 0.3) is 97.0 Å². The molecule has 0 spiro atoms. The normalized spacial score (nSPS) is 13.3. The third kappa shape index (κ3) is 4.15. The van der Waals surface area contributed by atoms with Crippen LogP contribution in [-0.2, 0) is 5.41 Å². The van der Waals surface area contributed by atoms with Gasteiger partial charge in [0.25, 0.3) is 0 Å². The third-order valence-electron chi connectivity index (χ3n) is 11.7. The lowest BCUT2D eigenvalue weighted by atomic mass is 9.80. The lowest BCUT2D eigenvalue weighted by molar-refractivity contribution is 0.660. The molecule has 0 radical (unpaired) electrons. The van der Waals surface area contributed by atoms with E-state index in [9.17, 15) is 0 Å². The van der Waals surface area contributed by atoms with Crippen LogP contribution >= 0.6 is 11.3 Å². The van der Waals surface area contributed by atoms with E-state index in [0.717, 1.165) is 0 Å². The molecule has 1 aliphatic rings. The van der Waals surface area contributed by atoms with Crippen LogP contribution in [0.4, 0.5) is 0 Å². The molecule has 244 valence electrons. The van der Waals surface area contributed by atoms with Crippen LogP contribution in [0, 0.1) is 0 Å². The molecule has 52 heavy (non-hydrogen) atoms. The average Bonchev–Trinajstić information content (AvgIpc) is 3.69. The minimum Gasteiger partial charge on any atom is -0.135 e. The van der Waals surface area contributed by atoms with Gasteiger partial charge in [0.15, 0.2) is 0 Å². The SMILES string of the molecule is CC1(C)c2ccccc2-c2c(-c3c4ccccc4c(-c4cccc5sc6ccccc6c45)c4ccc(-c5ccc6ccccc6c5)cc34)cccc21. The van der Waals surface area contributed by atoms with Gasteiger partial charge in [-0.15, -0.1) is 11.3 Å². The van der Waals surface area contributed by atoms with E-state index in [1.807, 2.05) is 11.3 Å². The smallest absolute Gasteiger partial charge is 0.0361 e. The Labute approximate surface area is 307 Å². The molecule has 0 nitrogen and oxygen atoms in total. The van der Waals surface area contributed by atoms with E-state index in [0.29, 0.717) is 0 Å². The Balaban J connectivity index is 1.31. The maximum Gasteiger partial charge on any atom is 0.0361 e. The third-order valence-corrected chi connectivity index (χ3v) is 12.8. The van der Waals surface area contributed by atoms with Crippen LogP contribution in [0.15, 0.2) is 170 Å². The van der Waals surface area contributed by atoms with Crippen molar-refractivity contribution in [2.45, 2.75) is 19.3 Å². The summed E-state index contributed by atoms with van der Waals surface area (Å²) in [4.78, 5) is 0. The zero-order valence-corrected chi connectivity index (χ0v) is 29.9. The highest BCUT2D eigenvalue weighted by molar-refractivity contribution is 7.25. The Morgan fingerprint density at radius 1 is 0.365 bits per heavy atom. The van der Waals surface area contributed by atoms with Gasteiger partial charge < -0.3 is 0 Å². The minimum absolute atomic E-state index is 0.0839. The van der Waals surface area contributed by atoms with Crippen molar-refractivity contribution in [3.63, 3.8) is 0 Å². The molecule has 0 saturated carbocycles. The topological polar surface area (TPSA) is 0 Å². The number of hydrogen-bond donors (Lipinski definition) is 0. The molecule has 1 heterocycles. The zero-order chi connectivity index (χ0) is 34.6. The molecule has 0 bridgehead atoms. The summed E-state index contributed by atoms with van der Waals surface area (Å²) >= 11 is 1.89. The van der Waals surface area contributed by atoms with Crippen LogP contribution in [0.5, 0.6) is 0 Å². The number of benzene rings is 9. The predicted octanol–water partition coefficient (Wildman–Crippen LogP) is 14.8. The maximum absolute atomic E-state index is 2.47. The number of fused-ring (bicyclic) bond motifs is 9. The lowest BCUT2D eigenvalue weighted by Crippen LogP contribution is -2.14. The van der Waals surface area contributed by atoms with Crippen LogP contribution in [-0.4, -0.2) is 0 Å². The second-order valence-electron chi connectivity index (χ2n) is 14.8. The molecule has 0 aliphatic heterocycles. The fraction of sp³-hybridized carbons (Fsp3) is 0.0588. The molecule has 1 heteroatoms. The molecule has 1 aromatic heterocycles. The highest BCUT2D eigenvalue weighted by atomic mass is 32.1. The van der Waals surface area contributed by atoms with Gasteiger partial charge in [-0.2, -0.15) is 0 Å². The molecule has 0 N–H and O–H groups in total. The Kier molecular flexibility index (Phi) is 6.27. The molecular weight excluding hydrogens is 645 g/mol. The van der Waals surface area contributed by atoms with E-state index in [4.69, 9.17) is 0 Å². The van der Waals surface area contributed by atoms with Crippen LogP contribution < -0.4 is 0 Å². The molecule has 0 amide bonds. The first kappa shape index (κ1) is 29.7. The van der Waals surface area contributed by atoms with E-state index in [1.54, 1.807) is 0 Å². The van der Waals surface area contributed by atoms with Crippen molar-refractivity contribution in [3.05, 3.63) is 181 Å². The Morgan fingerprint density at radius 3 is 1.81 bits per heavy atom. The van der Waals surface area contributed by atoms with E-state index < -0.39 is 0 Å². The van der Waals surface area contributed by atoms with E-state index >= 15 is 0 Å². The van der Waals surface area contributed by atoms with Crippen molar-refractivity contribution in [2.24, 2.45) is 0 Å². The summed E-state index contributed by atoms with van der Waals surface area (Å²) in [6, 6.07) is 63.7. The zero-order valence-electron chi connectivity index (χ0n) is 29.1. The van der Waals surface area contributed by atoms with Crippen LogP contribution in [0.1, 0.15) is 25.0 Å². The molecule has 0 atom stereocenters. The van der Waals surface area contributed by atoms with Gasteiger partial charge >= 0.3 is 0 Å². The summed E-state index contributed by atoms with van der Waals surface area (Å²) in [5.41, 5.74) is 13.1. The van der Waals surface area contributed by atoms with Gasteiger partial charge in [-0.05, 0) is 112 Å². The monoisotopic (exact) mass is 678 g/mol. The molecule has 9 aromatic carbocycles. The Morgan fingerprint density at radius 2 is 0.942 bits per heavy atom. The highest BCUT2D eigenvalue weighted by Gasteiger charge is 2.37. The highest BCUT2D eigenvalue weighted by Crippen LogP contribution is 2.55. The fourth-order valence-electron chi connectivity index (χ4n) is 9.25. The summed E-state index contributed by atoms with van der Waals surface area (Å²) in [5.74, 6) is 0. The first-order valence-corrected chi connectivity index (χ1v) is 19.0. The van der Waals surface area contributed by atoms with Gasteiger partial charge in [-0.1, -0.05) is 159 Å². The van der Waals surface area contributed by atoms with E-state index in [-0.39, 0.29) is 5.41 Å². The Hall–Kier alpha value is -6.02.